The Morgan fingerprint density at radius 2 is 1.88 bits per heavy atom. The van der Waals surface area contributed by atoms with Gasteiger partial charge in [0.25, 0.3) is 0 Å². The Morgan fingerprint density at radius 3 is 2.38 bits per heavy atom. The standard InChI is InChI=1S/C11H13N3S2/c1-7(2)15-9-5-3-8(4-6-9)10-11(12)14-16-13-10/h3-7H,1-2H3,(H2,12,14). The van der Waals surface area contributed by atoms with E-state index >= 15 is 0 Å². The van der Waals surface area contributed by atoms with Crippen molar-refractivity contribution in [2.75, 3.05) is 5.73 Å². The fraction of sp³-hybridized carbons (Fsp3) is 0.273. The van der Waals surface area contributed by atoms with Crippen molar-refractivity contribution in [3.63, 3.8) is 0 Å². The van der Waals surface area contributed by atoms with Crippen LogP contribution in [0.2, 0.25) is 0 Å². The summed E-state index contributed by atoms with van der Waals surface area (Å²) in [5, 5.41) is 0.594. The minimum absolute atomic E-state index is 0.509. The average molecular weight is 251 g/mol. The molecule has 0 aliphatic heterocycles. The highest BCUT2D eigenvalue weighted by molar-refractivity contribution is 7.99. The Labute approximate surface area is 103 Å². The molecule has 2 aromatic rings. The predicted molar refractivity (Wildman–Crippen MR) is 70.8 cm³/mol. The first kappa shape index (κ1) is 11.4. The number of anilines is 1. The van der Waals surface area contributed by atoms with Crippen molar-refractivity contribution in [2.45, 2.75) is 24.0 Å². The van der Waals surface area contributed by atoms with Crippen molar-refractivity contribution in [3.05, 3.63) is 24.3 Å². The van der Waals surface area contributed by atoms with E-state index < -0.39 is 0 Å². The van der Waals surface area contributed by atoms with Gasteiger partial charge in [0, 0.05) is 15.7 Å². The van der Waals surface area contributed by atoms with E-state index in [9.17, 15) is 0 Å². The van der Waals surface area contributed by atoms with Crippen molar-refractivity contribution in [2.24, 2.45) is 0 Å². The Balaban J connectivity index is 2.23. The van der Waals surface area contributed by atoms with E-state index in [1.54, 1.807) is 0 Å². The van der Waals surface area contributed by atoms with Crippen LogP contribution >= 0.6 is 23.5 Å². The van der Waals surface area contributed by atoms with E-state index in [0.29, 0.717) is 11.1 Å². The van der Waals surface area contributed by atoms with E-state index in [-0.39, 0.29) is 0 Å². The van der Waals surface area contributed by atoms with E-state index in [0.717, 1.165) is 23.0 Å². The fourth-order valence-corrected chi connectivity index (χ4v) is 2.69. The van der Waals surface area contributed by atoms with Crippen LogP contribution in [0.3, 0.4) is 0 Å². The molecule has 0 atom stereocenters. The monoisotopic (exact) mass is 251 g/mol. The Bertz CT molecular complexity index is 462. The molecule has 2 N–H and O–H groups in total. The first-order valence-corrected chi connectivity index (χ1v) is 6.63. The molecule has 0 aliphatic rings. The number of thioether (sulfide) groups is 1. The van der Waals surface area contributed by atoms with Crippen molar-refractivity contribution in [1.82, 2.24) is 8.75 Å². The maximum Gasteiger partial charge on any atom is 0.165 e. The molecule has 0 unspecified atom stereocenters. The molecule has 0 spiro atoms. The summed E-state index contributed by atoms with van der Waals surface area (Å²) in [7, 11) is 0. The maximum atomic E-state index is 5.72. The zero-order valence-electron chi connectivity index (χ0n) is 9.18. The molecule has 84 valence electrons. The number of rotatable bonds is 3. The topological polar surface area (TPSA) is 51.8 Å². The van der Waals surface area contributed by atoms with Gasteiger partial charge in [-0.25, -0.2) is 0 Å². The van der Waals surface area contributed by atoms with E-state index in [4.69, 9.17) is 5.73 Å². The molecule has 1 aromatic heterocycles. The normalized spacial score (nSPS) is 10.9. The van der Waals surface area contributed by atoms with Gasteiger partial charge in [-0.2, -0.15) is 8.75 Å². The van der Waals surface area contributed by atoms with Crippen LogP contribution in [0.25, 0.3) is 11.3 Å². The zero-order chi connectivity index (χ0) is 11.5. The summed E-state index contributed by atoms with van der Waals surface area (Å²) in [4.78, 5) is 1.26. The number of nitrogens with zero attached hydrogens (tertiary/aromatic N) is 2. The highest BCUT2D eigenvalue weighted by Crippen LogP contribution is 2.28. The third-order valence-electron chi connectivity index (χ3n) is 2.01. The lowest BCUT2D eigenvalue weighted by Gasteiger charge is -2.05. The lowest BCUT2D eigenvalue weighted by atomic mass is 10.1. The quantitative estimate of drug-likeness (QED) is 0.850. The highest BCUT2D eigenvalue weighted by atomic mass is 32.2. The van der Waals surface area contributed by atoms with Crippen LogP contribution in [-0.2, 0) is 0 Å². The second kappa shape index (κ2) is 4.84. The van der Waals surface area contributed by atoms with Gasteiger partial charge in [0.05, 0.1) is 11.7 Å². The minimum Gasteiger partial charge on any atom is -0.381 e. The third kappa shape index (κ3) is 2.54. The van der Waals surface area contributed by atoms with E-state index in [2.05, 4.69) is 34.7 Å². The molecule has 0 fully saturated rings. The lowest BCUT2D eigenvalue weighted by Crippen LogP contribution is -1.89. The molecular formula is C11H13N3S2. The summed E-state index contributed by atoms with van der Waals surface area (Å²) in [6.07, 6.45) is 0. The zero-order valence-corrected chi connectivity index (χ0v) is 10.8. The second-order valence-corrected chi connectivity index (χ2v) is 5.87. The SMILES string of the molecule is CC(C)Sc1ccc(-c2nsnc2N)cc1. The summed E-state index contributed by atoms with van der Waals surface area (Å²) in [5.41, 5.74) is 7.53. The predicted octanol–water partition coefficient (Wildman–Crippen LogP) is 3.29. The van der Waals surface area contributed by atoms with Crippen LogP contribution in [0.1, 0.15) is 13.8 Å². The summed E-state index contributed by atoms with van der Waals surface area (Å²) in [5.74, 6) is 0.509. The van der Waals surface area contributed by atoms with Gasteiger partial charge in [0.2, 0.25) is 0 Å². The molecule has 0 saturated heterocycles. The average Bonchev–Trinajstić information content (AvgIpc) is 2.65. The molecule has 0 bridgehead atoms. The second-order valence-electron chi connectivity index (χ2n) is 3.69. The molecule has 1 aromatic carbocycles. The Kier molecular flexibility index (Phi) is 3.46. The van der Waals surface area contributed by atoms with Gasteiger partial charge in [-0.05, 0) is 12.1 Å². The summed E-state index contributed by atoms with van der Waals surface area (Å²) in [6, 6.07) is 8.27. The molecule has 16 heavy (non-hydrogen) atoms. The molecule has 0 radical (unpaired) electrons. The molecule has 1 heterocycles. The van der Waals surface area contributed by atoms with Gasteiger partial charge >= 0.3 is 0 Å². The number of benzene rings is 1. The summed E-state index contributed by atoms with van der Waals surface area (Å²) in [6.45, 7) is 4.36. The van der Waals surface area contributed by atoms with Gasteiger partial charge < -0.3 is 5.73 Å². The molecule has 0 aliphatic carbocycles. The van der Waals surface area contributed by atoms with Crippen molar-refractivity contribution < 1.29 is 0 Å². The molecule has 0 saturated carbocycles. The number of aromatic nitrogens is 2. The first-order valence-electron chi connectivity index (χ1n) is 5.02. The van der Waals surface area contributed by atoms with E-state index in [1.165, 1.54) is 4.90 Å². The van der Waals surface area contributed by atoms with Gasteiger partial charge in [-0.3, -0.25) is 0 Å². The summed E-state index contributed by atoms with van der Waals surface area (Å²) >= 11 is 2.99. The molecule has 2 rings (SSSR count). The van der Waals surface area contributed by atoms with Crippen LogP contribution in [0, 0.1) is 0 Å². The fourth-order valence-electron chi connectivity index (χ4n) is 1.36. The van der Waals surface area contributed by atoms with Crippen LogP contribution in [0.4, 0.5) is 5.82 Å². The van der Waals surface area contributed by atoms with Gasteiger partial charge in [0.1, 0.15) is 5.69 Å². The maximum absolute atomic E-state index is 5.72. The van der Waals surface area contributed by atoms with Crippen LogP contribution in [0.5, 0.6) is 0 Å². The van der Waals surface area contributed by atoms with Crippen molar-refractivity contribution in [3.8, 4) is 11.3 Å². The summed E-state index contributed by atoms with van der Waals surface area (Å²) < 4.78 is 8.14. The molecule has 0 amide bonds. The number of nitrogens with two attached hydrogens (primary N) is 1. The van der Waals surface area contributed by atoms with Crippen LogP contribution < -0.4 is 5.73 Å². The Morgan fingerprint density at radius 1 is 1.19 bits per heavy atom. The minimum atomic E-state index is 0.509. The first-order chi connectivity index (χ1) is 7.66. The number of nitrogen functional groups attached to an aromatic ring is 1. The van der Waals surface area contributed by atoms with Gasteiger partial charge in [-0.15, -0.1) is 11.8 Å². The molecule has 5 heteroatoms. The number of hydrogen-bond donors (Lipinski definition) is 1. The third-order valence-corrected chi connectivity index (χ3v) is 3.57. The van der Waals surface area contributed by atoms with Crippen LogP contribution in [-0.4, -0.2) is 14.0 Å². The molecule has 3 nitrogen and oxygen atoms in total. The highest BCUT2D eigenvalue weighted by Gasteiger charge is 2.07. The van der Waals surface area contributed by atoms with Crippen molar-refractivity contribution >= 4 is 29.3 Å². The Hall–Kier alpha value is -1.07. The largest absolute Gasteiger partial charge is 0.381 e. The van der Waals surface area contributed by atoms with Crippen molar-refractivity contribution in [1.29, 1.82) is 0 Å². The van der Waals surface area contributed by atoms with E-state index in [1.807, 2.05) is 23.9 Å². The smallest absolute Gasteiger partial charge is 0.165 e. The van der Waals surface area contributed by atoms with Gasteiger partial charge in [-0.1, -0.05) is 26.0 Å². The van der Waals surface area contributed by atoms with Crippen LogP contribution in [0.15, 0.2) is 29.2 Å². The molecular weight excluding hydrogens is 238 g/mol. The van der Waals surface area contributed by atoms with Gasteiger partial charge in [0.15, 0.2) is 5.82 Å². The number of hydrogen-bond acceptors (Lipinski definition) is 5. The lowest BCUT2D eigenvalue weighted by molar-refractivity contribution is 1.11.